The molecule has 0 radical (unpaired) electrons. The number of hydrogen-bond donors (Lipinski definition) is 1. The van der Waals surface area contributed by atoms with E-state index in [2.05, 4.69) is 41.5 Å². The second-order valence-corrected chi connectivity index (χ2v) is 4.95. The summed E-state index contributed by atoms with van der Waals surface area (Å²) < 4.78 is 0. The molecular formula is C17H14ClN. The molecular weight excluding hydrogens is 254 g/mol. The first-order valence-electron chi connectivity index (χ1n) is 6.30. The van der Waals surface area contributed by atoms with E-state index in [1.165, 1.54) is 22.0 Å². The van der Waals surface area contributed by atoms with Gasteiger partial charge in [0.25, 0.3) is 0 Å². The first-order chi connectivity index (χ1) is 9.33. The lowest BCUT2D eigenvalue weighted by molar-refractivity contribution is 1.29. The third kappa shape index (κ3) is 2.72. The minimum atomic E-state index is 0.772. The molecule has 0 amide bonds. The van der Waals surface area contributed by atoms with Crippen LogP contribution in [0.3, 0.4) is 0 Å². The molecule has 2 aromatic carbocycles. The molecule has 0 aliphatic carbocycles. The molecule has 1 nitrogen and oxygen atoms in total. The number of aromatic nitrogens is 1. The Kier molecular flexibility index (Phi) is 3.39. The Labute approximate surface area is 117 Å². The van der Waals surface area contributed by atoms with Crippen molar-refractivity contribution in [2.45, 2.75) is 6.42 Å². The predicted molar refractivity (Wildman–Crippen MR) is 82.5 cm³/mol. The molecule has 0 bridgehead atoms. The summed E-state index contributed by atoms with van der Waals surface area (Å²) in [6.45, 7) is 0. The molecule has 19 heavy (non-hydrogen) atoms. The van der Waals surface area contributed by atoms with Crippen molar-refractivity contribution in [2.75, 3.05) is 0 Å². The van der Waals surface area contributed by atoms with Crippen LogP contribution in [-0.2, 0) is 6.42 Å². The highest BCUT2D eigenvalue weighted by Crippen LogP contribution is 2.19. The van der Waals surface area contributed by atoms with Crippen molar-refractivity contribution in [1.82, 2.24) is 4.98 Å². The Morgan fingerprint density at radius 2 is 1.79 bits per heavy atom. The largest absolute Gasteiger partial charge is 0.361 e. The van der Waals surface area contributed by atoms with Gasteiger partial charge in [0.05, 0.1) is 0 Å². The van der Waals surface area contributed by atoms with Crippen molar-refractivity contribution in [2.24, 2.45) is 0 Å². The van der Waals surface area contributed by atoms with E-state index < -0.39 is 0 Å². The van der Waals surface area contributed by atoms with Crippen molar-refractivity contribution in [3.05, 3.63) is 77.0 Å². The Morgan fingerprint density at radius 1 is 1.00 bits per heavy atom. The highest BCUT2D eigenvalue weighted by molar-refractivity contribution is 6.30. The highest BCUT2D eigenvalue weighted by atomic mass is 35.5. The highest BCUT2D eigenvalue weighted by Gasteiger charge is 1.99. The minimum absolute atomic E-state index is 0.772. The summed E-state index contributed by atoms with van der Waals surface area (Å²) in [7, 11) is 0. The smallest absolute Gasteiger partial charge is 0.0456 e. The first kappa shape index (κ1) is 12.1. The zero-order valence-electron chi connectivity index (χ0n) is 10.4. The van der Waals surface area contributed by atoms with Gasteiger partial charge < -0.3 is 4.98 Å². The Bertz CT molecular complexity index is 707. The SMILES string of the molecule is Clc1ccc(/C=C/Cc2c[nH]c3ccccc23)cc1. The van der Waals surface area contributed by atoms with Crippen molar-refractivity contribution in [1.29, 1.82) is 0 Å². The van der Waals surface area contributed by atoms with Crippen molar-refractivity contribution >= 4 is 28.6 Å². The molecule has 3 aromatic rings. The summed E-state index contributed by atoms with van der Waals surface area (Å²) >= 11 is 5.86. The van der Waals surface area contributed by atoms with Gasteiger partial charge in [0.1, 0.15) is 0 Å². The van der Waals surface area contributed by atoms with Crippen LogP contribution in [0.1, 0.15) is 11.1 Å². The number of allylic oxidation sites excluding steroid dienone is 1. The van der Waals surface area contributed by atoms with Crippen LogP contribution in [-0.4, -0.2) is 4.98 Å². The molecule has 3 rings (SSSR count). The Balaban J connectivity index is 1.77. The van der Waals surface area contributed by atoms with Crippen LogP contribution < -0.4 is 0 Å². The summed E-state index contributed by atoms with van der Waals surface area (Å²) in [5, 5.41) is 2.07. The lowest BCUT2D eigenvalue weighted by Gasteiger charge is -1.95. The molecule has 0 aliphatic heterocycles. The fraction of sp³-hybridized carbons (Fsp3) is 0.0588. The summed E-state index contributed by atoms with van der Waals surface area (Å²) in [5.41, 5.74) is 3.68. The molecule has 0 atom stereocenters. The van der Waals surface area contributed by atoms with E-state index in [1.807, 2.05) is 30.3 Å². The van der Waals surface area contributed by atoms with Gasteiger partial charge in [-0.2, -0.15) is 0 Å². The number of rotatable bonds is 3. The lowest BCUT2D eigenvalue weighted by Crippen LogP contribution is -1.77. The fourth-order valence-corrected chi connectivity index (χ4v) is 2.32. The summed E-state index contributed by atoms with van der Waals surface area (Å²) in [4.78, 5) is 3.29. The van der Waals surface area contributed by atoms with Gasteiger partial charge >= 0.3 is 0 Å². The Morgan fingerprint density at radius 3 is 2.63 bits per heavy atom. The lowest BCUT2D eigenvalue weighted by atomic mass is 10.1. The summed E-state index contributed by atoms with van der Waals surface area (Å²) in [5.74, 6) is 0. The second kappa shape index (κ2) is 5.33. The molecule has 0 unspecified atom stereocenters. The number of aromatic amines is 1. The van der Waals surface area contributed by atoms with Crippen molar-refractivity contribution < 1.29 is 0 Å². The van der Waals surface area contributed by atoms with E-state index in [9.17, 15) is 0 Å². The maximum atomic E-state index is 5.86. The molecule has 2 heteroatoms. The van der Waals surface area contributed by atoms with Crippen LogP contribution >= 0.6 is 11.6 Å². The number of halogens is 1. The van der Waals surface area contributed by atoms with Gasteiger partial charge in [-0.05, 0) is 35.7 Å². The molecule has 0 saturated heterocycles. The standard InChI is InChI=1S/C17H14ClN/c18-15-10-8-13(9-11-15)4-3-5-14-12-19-17-7-2-1-6-16(14)17/h1-4,6-12,19H,5H2/b4-3+. The molecule has 0 spiro atoms. The molecule has 0 aliphatic rings. The monoisotopic (exact) mass is 267 g/mol. The van der Waals surface area contributed by atoms with Crippen LogP contribution in [0.15, 0.2) is 60.8 Å². The van der Waals surface area contributed by atoms with E-state index in [0.29, 0.717) is 0 Å². The molecule has 94 valence electrons. The molecule has 1 heterocycles. The number of benzene rings is 2. The molecule has 1 aromatic heterocycles. The number of H-pyrrole nitrogens is 1. The topological polar surface area (TPSA) is 15.8 Å². The van der Waals surface area contributed by atoms with Crippen LogP contribution in [0, 0.1) is 0 Å². The van der Waals surface area contributed by atoms with Gasteiger partial charge in [-0.15, -0.1) is 0 Å². The van der Waals surface area contributed by atoms with Crippen LogP contribution in [0.5, 0.6) is 0 Å². The minimum Gasteiger partial charge on any atom is -0.361 e. The van der Waals surface area contributed by atoms with Gasteiger partial charge in [-0.3, -0.25) is 0 Å². The maximum absolute atomic E-state index is 5.86. The van der Waals surface area contributed by atoms with Gasteiger partial charge in [0.2, 0.25) is 0 Å². The zero-order valence-corrected chi connectivity index (χ0v) is 11.2. The Hall–Kier alpha value is -1.99. The van der Waals surface area contributed by atoms with E-state index in [0.717, 1.165) is 11.4 Å². The maximum Gasteiger partial charge on any atom is 0.0456 e. The van der Waals surface area contributed by atoms with Gasteiger partial charge in [0, 0.05) is 22.1 Å². The fourth-order valence-electron chi connectivity index (χ4n) is 2.20. The number of fused-ring (bicyclic) bond motifs is 1. The van der Waals surface area contributed by atoms with Gasteiger partial charge in [0.15, 0.2) is 0 Å². The normalized spacial score (nSPS) is 11.4. The second-order valence-electron chi connectivity index (χ2n) is 4.52. The zero-order chi connectivity index (χ0) is 13.1. The summed E-state index contributed by atoms with van der Waals surface area (Å²) in [6.07, 6.45) is 7.31. The number of nitrogens with one attached hydrogen (secondary N) is 1. The van der Waals surface area contributed by atoms with Crippen LogP contribution in [0.25, 0.3) is 17.0 Å². The third-order valence-corrected chi connectivity index (χ3v) is 3.44. The average molecular weight is 268 g/mol. The van der Waals surface area contributed by atoms with Gasteiger partial charge in [-0.1, -0.05) is 54.1 Å². The number of para-hydroxylation sites is 1. The molecule has 0 saturated carbocycles. The third-order valence-electron chi connectivity index (χ3n) is 3.19. The quantitative estimate of drug-likeness (QED) is 0.681. The van der Waals surface area contributed by atoms with E-state index in [4.69, 9.17) is 11.6 Å². The van der Waals surface area contributed by atoms with E-state index >= 15 is 0 Å². The van der Waals surface area contributed by atoms with E-state index in [-0.39, 0.29) is 0 Å². The van der Waals surface area contributed by atoms with Crippen LogP contribution in [0.4, 0.5) is 0 Å². The summed E-state index contributed by atoms with van der Waals surface area (Å²) in [6, 6.07) is 16.2. The van der Waals surface area contributed by atoms with Crippen molar-refractivity contribution in [3.63, 3.8) is 0 Å². The van der Waals surface area contributed by atoms with Gasteiger partial charge in [-0.25, -0.2) is 0 Å². The first-order valence-corrected chi connectivity index (χ1v) is 6.68. The number of hydrogen-bond acceptors (Lipinski definition) is 0. The van der Waals surface area contributed by atoms with Crippen LogP contribution in [0.2, 0.25) is 5.02 Å². The molecule has 0 fully saturated rings. The predicted octanol–water partition coefficient (Wildman–Crippen LogP) is 5.08. The van der Waals surface area contributed by atoms with E-state index in [1.54, 1.807) is 0 Å². The molecule has 1 N–H and O–H groups in total. The van der Waals surface area contributed by atoms with Crippen molar-refractivity contribution in [3.8, 4) is 0 Å². The average Bonchev–Trinajstić information content (AvgIpc) is 2.85.